The lowest BCUT2D eigenvalue weighted by Gasteiger charge is -1.98. The predicted molar refractivity (Wildman–Crippen MR) is 124 cm³/mol. The van der Waals surface area contributed by atoms with Crippen LogP contribution in [-0.4, -0.2) is 44.4 Å². The number of rotatable bonds is 6. The Hall–Kier alpha value is -3.84. The summed E-state index contributed by atoms with van der Waals surface area (Å²) in [5.41, 5.74) is 6.25. The minimum atomic E-state index is -0.438. The number of carbonyl (C=O) groups excluding carboxylic acids is 2. The van der Waals surface area contributed by atoms with E-state index in [0.29, 0.717) is 44.3 Å². The number of carbonyl (C=O) groups is 2. The van der Waals surface area contributed by atoms with Gasteiger partial charge in [-0.15, -0.1) is 0 Å². The number of para-hydroxylation sites is 1. The molecule has 4 aromatic rings. The first-order chi connectivity index (χ1) is 15.8. The molecule has 0 saturated carbocycles. The van der Waals surface area contributed by atoms with Gasteiger partial charge in [0.25, 0.3) is 5.69 Å². The molecule has 1 aromatic carbocycles. The molecule has 0 fully saturated rings. The summed E-state index contributed by atoms with van der Waals surface area (Å²) < 4.78 is 11.3. The van der Waals surface area contributed by atoms with Crippen molar-refractivity contribution in [1.82, 2.24) is 14.4 Å². The number of benzene rings is 1. The molecule has 2 N–H and O–H groups in total. The normalized spacial score (nSPS) is 10.4. The standard InChI is InChI=1S/C14H11N3O4S.C6H8N2O2S/c1-2-21-13(18)12-8-16-7-10(15-14(16)22-12)9-5-3-4-6-11(9)17(19)20;1-2-10-5(9)4-3-8-6(7)11-4/h3-8H,2H2,1H3;3H,2H2,1H3,(H2,7,8). The quantitative estimate of drug-likeness (QED) is 0.240. The van der Waals surface area contributed by atoms with E-state index in [9.17, 15) is 19.7 Å². The van der Waals surface area contributed by atoms with Crippen LogP contribution in [0.2, 0.25) is 0 Å². The number of nitrogen functional groups attached to an aromatic ring is 1. The highest BCUT2D eigenvalue weighted by atomic mass is 32.1. The molecular weight excluding hydrogens is 470 g/mol. The Morgan fingerprint density at radius 2 is 1.76 bits per heavy atom. The Morgan fingerprint density at radius 1 is 1.09 bits per heavy atom. The van der Waals surface area contributed by atoms with E-state index < -0.39 is 10.9 Å². The first kappa shape index (κ1) is 23.8. The summed E-state index contributed by atoms with van der Waals surface area (Å²) in [5, 5.41) is 11.5. The van der Waals surface area contributed by atoms with Gasteiger partial charge in [-0.25, -0.2) is 19.6 Å². The summed E-state index contributed by atoms with van der Waals surface area (Å²) in [6.07, 6.45) is 4.69. The van der Waals surface area contributed by atoms with E-state index in [0.717, 1.165) is 11.3 Å². The topological polar surface area (TPSA) is 152 Å². The van der Waals surface area contributed by atoms with Gasteiger partial charge in [0, 0.05) is 18.5 Å². The van der Waals surface area contributed by atoms with Crippen molar-refractivity contribution in [3.05, 3.63) is 62.7 Å². The maximum atomic E-state index is 11.7. The summed E-state index contributed by atoms with van der Waals surface area (Å²) in [6.45, 7) is 4.17. The molecule has 0 aliphatic rings. The molecule has 0 radical (unpaired) electrons. The van der Waals surface area contributed by atoms with Crippen molar-refractivity contribution in [3.63, 3.8) is 0 Å². The van der Waals surface area contributed by atoms with Crippen LogP contribution in [0.4, 0.5) is 10.8 Å². The van der Waals surface area contributed by atoms with Crippen molar-refractivity contribution < 1.29 is 24.0 Å². The maximum Gasteiger partial charge on any atom is 0.350 e. The number of esters is 2. The zero-order valence-corrected chi connectivity index (χ0v) is 19.2. The van der Waals surface area contributed by atoms with Crippen LogP contribution in [0.25, 0.3) is 16.2 Å². The van der Waals surface area contributed by atoms with E-state index in [4.69, 9.17) is 15.2 Å². The fourth-order valence-corrected chi connectivity index (χ4v) is 4.09. The van der Waals surface area contributed by atoms with Crippen molar-refractivity contribution in [2.45, 2.75) is 13.8 Å². The third-order valence-corrected chi connectivity index (χ3v) is 5.79. The van der Waals surface area contributed by atoms with Gasteiger partial charge in [0.05, 0.1) is 35.6 Å². The molecule has 0 saturated heterocycles. The molecule has 3 aromatic heterocycles. The van der Waals surface area contributed by atoms with Crippen LogP contribution in [0, 0.1) is 10.1 Å². The molecule has 0 spiro atoms. The second kappa shape index (κ2) is 10.7. The number of imidazole rings is 1. The van der Waals surface area contributed by atoms with Crippen LogP contribution in [0.3, 0.4) is 0 Å². The third kappa shape index (κ3) is 5.70. The van der Waals surface area contributed by atoms with Crippen LogP contribution in [0.1, 0.15) is 33.2 Å². The minimum absolute atomic E-state index is 0.00105. The smallest absolute Gasteiger partial charge is 0.350 e. The number of hydrogen-bond donors (Lipinski definition) is 1. The summed E-state index contributed by atoms with van der Waals surface area (Å²) in [7, 11) is 0. The Morgan fingerprint density at radius 3 is 2.33 bits per heavy atom. The Balaban J connectivity index is 0.000000235. The van der Waals surface area contributed by atoms with E-state index in [-0.39, 0.29) is 11.7 Å². The van der Waals surface area contributed by atoms with Crippen molar-refractivity contribution in [2.75, 3.05) is 18.9 Å². The highest BCUT2D eigenvalue weighted by Gasteiger charge is 2.19. The molecule has 0 atom stereocenters. The predicted octanol–water partition coefficient (Wildman–Crippen LogP) is 4.05. The number of nitro benzene ring substituents is 1. The zero-order valence-electron chi connectivity index (χ0n) is 17.6. The van der Waals surface area contributed by atoms with Crippen LogP contribution in [-0.2, 0) is 9.47 Å². The van der Waals surface area contributed by atoms with Crippen LogP contribution >= 0.6 is 22.7 Å². The zero-order chi connectivity index (χ0) is 24.0. The fourth-order valence-electron chi connectivity index (χ4n) is 2.66. The fraction of sp³-hybridized carbons (Fsp3) is 0.200. The summed E-state index contributed by atoms with van der Waals surface area (Å²) >= 11 is 2.31. The van der Waals surface area contributed by atoms with Gasteiger partial charge in [0.2, 0.25) is 0 Å². The van der Waals surface area contributed by atoms with Crippen molar-refractivity contribution in [2.24, 2.45) is 0 Å². The minimum Gasteiger partial charge on any atom is -0.462 e. The average Bonchev–Trinajstić information content (AvgIpc) is 3.49. The van der Waals surface area contributed by atoms with Crippen molar-refractivity contribution in [1.29, 1.82) is 0 Å². The number of anilines is 1. The van der Waals surface area contributed by atoms with Gasteiger partial charge in [-0.3, -0.25) is 14.5 Å². The largest absolute Gasteiger partial charge is 0.462 e. The molecule has 4 rings (SSSR count). The van der Waals surface area contributed by atoms with Crippen LogP contribution in [0.15, 0.2) is 42.9 Å². The first-order valence-electron chi connectivity index (χ1n) is 9.61. The van der Waals surface area contributed by atoms with Crippen molar-refractivity contribution >= 4 is 50.4 Å². The lowest BCUT2D eigenvalue weighted by Crippen LogP contribution is -2.01. The Kier molecular flexibility index (Phi) is 7.69. The average molecular weight is 490 g/mol. The summed E-state index contributed by atoms with van der Waals surface area (Å²) in [4.78, 5) is 42.8. The Bertz CT molecular complexity index is 1260. The van der Waals surface area contributed by atoms with E-state index >= 15 is 0 Å². The molecule has 33 heavy (non-hydrogen) atoms. The molecule has 0 aliphatic carbocycles. The molecule has 3 heterocycles. The number of nitro groups is 1. The maximum absolute atomic E-state index is 11.7. The summed E-state index contributed by atoms with van der Waals surface area (Å²) in [5.74, 6) is -0.757. The molecule has 11 nitrogen and oxygen atoms in total. The third-order valence-electron chi connectivity index (χ3n) is 4.01. The van der Waals surface area contributed by atoms with Gasteiger partial charge in [-0.1, -0.05) is 34.8 Å². The number of thiazole rings is 2. The highest BCUT2D eigenvalue weighted by molar-refractivity contribution is 7.18. The summed E-state index contributed by atoms with van der Waals surface area (Å²) in [6, 6.07) is 6.42. The van der Waals surface area contributed by atoms with Crippen LogP contribution in [0.5, 0.6) is 0 Å². The van der Waals surface area contributed by atoms with Gasteiger partial charge >= 0.3 is 11.9 Å². The van der Waals surface area contributed by atoms with Crippen LogP contribution < -0.4 is 5.73 Å². The number of aromatic nitrogens is 3. The number of ether oxygens (including phenoxy) is 2. The number of nitrogens with zero attached hydrogens (tertiary/aromatic N) is 4. The second-order valence-electron chi connectivity index (χ2n) is 6.19. The molecule has 0 unspecified atom stereocenters. The highest BCUT2D eigenvalue weighted by Crippen LogP contribution is 2.30. The molecule has 0 aliphatic heterocycles. The van der Waals surface area contributed by atoms with E-state index in [1.54, 1.807) is 48.8 Å². The lowest BCUT2D eigenvalue weighted by molar-refractivity contribution is -0.384. The molecule has 172 valence electrons. The van der Waals surface area contributed by atoms with Gasteiger partial charge in [-0.2, -0.15) is 0 Å². The van der Waals surface area contributed by atoms with Crippen molar-refractivity contribution in [3.8, 4) is 11.3 Å². The van der Waals surface area contributed by atoms with E-state index in [2.05, 4.69) is 9.97 Å². The number of hydrogen-bond acceptors (Lipinski definition) is 11. The monoisotopic (exact) mass is 489 g/mol. The SMILES string of the molecule is CCOC(=O)c1cn2cc(-c3ccccc3[N+](=O)[O-])nc2s1.CCOC(=O)c1cnc(N)s1. The molecule has 0 amide bonds. The molecule has 0 bridgehead atoms. The molecule has 13 heteroatoms. The van der Waals surface area contributed by atoms with Gasteiger partial charge in [0.15, 0.2) is 10.1 Å². The number of fused-ring (bicyclic) bond motifs is 1. The number of nitrogens with two attached hydrogens (primary N) is 1. The first-order valence-corrected chi connectivity index (χ1v) is 11.2. The van der Waals surface area contributed by atoms with Gasteiger partial charge in [-0.05, 0) is 19.9 Å². The van der Waals surface area contributed by atoms with Gasteiger partial charge < -0.3 is 15.2 Å². The Labute approximate surface area is 195 Å². The van der Waals surface area contributed by atoms with E-state index in [1.807, 2.05) is 0 Å². The second-order valence-corrected chi connectivity index (χ2v) is 8.26. The van der Waals surface area contributed by atoms with Gasteiger partial charge in [0.1, 0.15) is 9.75 Å². The molecular formula is C20H19N5O6S2. The van der Waals surface area contributed by atoms with E-state index in [1.165, 1.54) is 23.6 Å². The lowest BCUT2D eigenvalue weighted by atomic mass is 10.1.